The average molecular weight is 418 g/mol. The summed E-state index contributed by atoms with van der Waals surface area (Å²) in [5.41, 5.74) is 8.64. The van der Waals surface area contributed by atoms with Crippen LogP contribution in [0, 0.1) is 13.8 Å². The summed E-state index contributed by atoms with van der Waals surface area (Å²) in [6.07, 6.45) is 0. The summed E-state index contributed by atoms with van der Waals surface area (Å²) in [4.78, 5) is 12.1. The molecule has 0 atom stereocenters. The van der Waals surface area contributed by atoms with E-state index in [1.807, 2.05) is 13.8 Å². The first-order valence-corrected chi connectivity index (χ1v) is 8.26. The number of carbonyl (C=O) groups is 1. The van der Waals surface area contributed by atoms with E-state index in [1.54, 1.807) is 24.3 Å². The van der Waals surface area contributed by atoms with Gasteiger partial charge in [0, 0.05) is 15.2 Å². The monoisotopic (exact) mass is 416 g/mol. The highest BCUT2D eigenvalue weighted by Crippen LogP contribution is 2.32. The molecule has 0 saturated heterocycles. The zero-order valence-electron chi connectivity index (χ0n) is 12.5. The van der Waals surface area contributed by atoms with Gasteiger partial charge in [0.25, 0.3) is 5.91 Å². The Hall–Kier alpha value is -1.43. The highest BCUT2D eigenvalue weighted by atomic mass is 79.9. The molecule has 0 unspecified atom stereocenters. The van der Waals surface area contributed by atoms with Crippen LogP contribution in [0.4, 0.5) is 11.4 Å². The van der Waals surface area contributed by atoms with Crippen LogP contribution in [0.1, 0.15) is 11.1 Å². The van der Waals surface area contributed by atoms with Crippen molar-refractivity contribution in [1.29, 1.82) is 0 Å². The molecule has 0 aliphatic carbocycles. The minimum Gasteiger partial charge on any atom is -0.482 e. The SMILES string of the molecule is Cc1cc(N)cc(Br)c1NC(=O)COc1c(C)cc(Cl)cc1Cl. The van der Waals surface area contributed by atoms with Crippen LogP contribution < -0.4 is 15.8 Å². The summed E-state index contributed by atoms with van der Waals surface area (Å²) in [6, 6.07) is 6.80. The molecule has 0 fully saturated rings. The van der Waals surface area contributed by atoms with E-state index in [2.05, 4.69) is 21.2 Å². The lowest BCUT2D eigenvalue weighted by Gasteiger charge is -2.14. The Labute approximate surface area is 153 Å². The molecule has 122 valence electrons. The van der Waals surface area contributed by atoms with Crippen molar-refractivity contribution in [2.75, 3.05) is 17.7 Å². The van der Waals surface area contributed by atoms with Gasteiger partial charge in [0.15, 0.2) is 6.61 Å². The van der Waals surface area contributed by atoms with Crippen LogP contribution in [-0.2, 0) is 4.79 Å². The fourth-order valence-electron chi connectivity index (χ4n) is 2.11. The number of rotatable bonds is 4. The topological polar surface area (TPSA) is 64.3 Å². The Kier molecular flexibility index (Phi) is 5.79. The summed E-state index contributed by atoms with van der Waals surface area (Å²) in [7, 11) is 0. The smallest absolute Gasteiger partial charge is 0.262 e. The van der Waals surface area contributed by atoms with E-state index in [4.69, 9.17) is 33.7 Å². The molecule has 7 heteroatoms. The highest BCUT2D eigenvalue weighted by molar-refractivity contribution is 9.10. The van der Waals surface area contributed by atoms with E-state index < -0.39 is 0 Å². The average Bonchev–Trinajstić information content (AvgIpc) is 2.41. The number of carbonyl (C=O) groups excluding carboxylic acids is 1. The molecule has 4 nitrogen and oxygen atoms in total. The number of nitrogen functional groups attached to an aromatic ring is 1. The molecule has 0 radical (unpaired) electrons. The van der Waals surface area contributed by atoms with Crippen LogP contribution in [-0.4, -0.2) is 12.5 Å². The second kappa shape index (κ2) is 7.43. The van der Waals surface area contributed by atoms with Gasteiger partial charge in [0.1, 0.15) is 5.75 Å². The lowest BCUT2D eigenvalue weighted by Crippen LogP contribution is -2.21. The minimum absolute atomic E-state index is 0.168. The Morgan fingerprint density at radius 2 is 1.91 bits per heavy atom. The maximum absolute atomic E-state index is 12.1. The first kappa shape index (κ1) is 17.9. The summed E-state index contributed by atoms with van der Waals surface area (Å²) in [5.74, 6) is 0.142. The second-order valence-electron chi connectivity index (χ2n) is 5.07. The summed E-state index contributed by atoms with van der Waals surface area (Å²) >= 11 is 15.4. The molecule has 0 heterocycles. The Bertz CT molecular complexity index is 720. The molecule has 0 bridgehead atoms. The first-order chi connectivity index (χ1) is 10.8. The zero-order chi connectivity index (χ0) is 17.1. The predicted molar refractivity (Wildman–Crippen MR) is 98.6 cm³/mol. The standard InChI is InChI=1S/C16H15BrCl2N2O2/c1-8-4-11(20)6-12(17)15(8)21-14(22)7-23-16-9(2)3-10(18)5-13(16)19/h3-6H,7,20H2,1-2H3,(H,21,22). The summed E-state index contributed by atoms with van der Waals surface area (Å²) in [6.45, 7) is 3.50. The molecular weight excluding hydrogens is 403 g/mol. The van der Waals surface area contributed by atoms with Gasteiger partial charge < -0.3 is 15.8 Å². The van der Waals surface area contributed by atoms with Gasteiger partial charge in [-0.3, -0.25) is 4.79 Å². The fourth-order valence-corrected chi connectivity index (χ4v) is 3.44. The molecule has 0 aromatic heterocycles. The van der Waals surface area contributed by atoms with Crippen molar-refractivity contribution in [1.82, 2.24) is 0 Å². The van der Waals surface area contributed by atoms with E-state index in [0.29, 0.717) is 31.6 Å². The number of benzene rings is 2. The van der Waals surface area contributed by atoms with E-state index in [0.717, 1.165) is 11.1 Å². The van der Waals surface area contributed by atoms with Gasteiger partial charge in [-0.15, -0.1) is 0 Å². The van der Waals surface area contributed by atoms with Crippen molar-refractivity contribution in [3.05, 3.63) is 49.9 Å². The number of ether oxygens (including phenoxy) is 1. The molecule has 1 amide bonds. The summed E-state index contributed by atoms with van der Waals surface area (Å²) < 4.78 is 6.23. The van der Waals surface area contributed by atoms with E-state index in [-0.39, 0.29) is 12.5 Å². The minimum atomic E-state index is -0.302. The maximum Gasteiger partial charge on any atom is 0.262 e. The number of nitrogens with two attached hydrogens (primary N) is 1. The number of aryl methyl sites for hydroxylation is 2. The van der Waals surface area contributed by atoms with Crippen LogP contribution in [0.5, 0.6) is 5.75 Å². The number of anilines is 2. The van der Waals surface area contributed by atoms with Gasteiger partial charge in [-0.25, -0.2) is 0 Å². The number of amides is 1. The van der Waals surface area contributed by atoms with E-state index >= 15 is 0 Å². The molecule has 2 aromatic carbocycles. The quantitative estimate of drug-likeness (QED) is 0.690. The number of hydrogen-bond donors (Lipinski definition) is 2. The van der Waals surface area contributed by atoms with Crippen molar-refractivity contribution < 1.29 is 9.53 Å². The number of halogens is 3. The summed E-state index contributed by atoms with van der Waals surface area (Å²) in [5, 5.41) is 3.68. The fraction of sp³-hybridized carbons (Fsp3) is 0.188. The van der Waals surface area contributed by atoms with Crippen LogP contribution in [0.25, 0.3) is 0 Å². The van der Waals surface area contributed by atoms with Crippen molar-refractivity contribution >= 4 is 56.4 Å². The molecule has 0 spiro atoms. The van der Waals surface area contributed by atoms with Gasteiger partial charge in [-0.1, -0.05) is 23.2 Å². The van der Waals surface area contributed by atoms with E-state index in [9.17, 15) is 4.79 Å². The molecular formula is C16H15BrCl2N2O2. The molecule has 23 heavy (non-hydrogen) atoms. The van der Waals surface area contributed by atoms with Crippen LogP contribution >= 0.6 is 39.1 Å². The first-order valence-electron chi connectivity index (χ1n) is 6.72. The Morgan fingerprint density at radius 1 is 1.22 bits per heavy atom. The van der Waals surface area contributed by atoms with Gasteiger partial charge >= 0.3 is 0 Å². The number of nitrogens with one attached hydrogen (secondary N) is 1. The third-order valence-corrected chi connectivity index (χ3v) is 4.24. The molecule has 0 aliphatic rings. The van der Waals surface area contributed by atoms with Gasteiger partial charge in [-0.2, -0.15) is 0 Å². The van der Waals surface area contributed by atoms with Crippen molar-refractivity contribution in [2.45, 2.75) is 13.8 Å². The molecule has 2 aromatic rings. The van der Waals surface area contributed by atoms with Gasteiger partial charge in [0.2, 0.25) is 0 Å². The second-order valence-corrected chi connectivity index (χ2v) is 6.76. The maximum atomic E-state index is 12.1. The third-order valence-electron chi connectivity index (χ3n) is 3.12. The zero-order valence-corrected chi connectivity index (χ0v) is 15.6. The highest BCUT2D eigenvalue weighted by Gasteiger charge is 2.13. The molecule has 0 saturated carbocycles. The predicted octanol–water partition coefficient (Wildman–Crippen LogP) is 4.97. The van der Waals surface area contributed by atoms with Crippen molar-refractivity contribution in [3.63, 3.8) is 0 Å². The lowest BCUT2D eigenvalue weighted by molar-refractivity contribution is -0.118. The lowest BCUT2D eigenvalue weighted by atomic mass is 10.2. The van der Waals surface area contributed by atoms with Crippen LogP contribution in [0.15, 0.2) is 28.7 Å². The van der Waals surface area contributed by atoms with Crippen molar-refractivity contribution in [2.24, 2.45) is 0 Å². The van der Waals surface area contributed by atoms with E-state index in [1.165, 1.54) is 0 Å². The largest absolute Gasteiger partial charge is 0.482 e. The normalized spacial score (nSPS) is 10.5. The Morgan fingerprint density at radius 3 is 2.52 bits per heavy atom. The van der Waals surface area contributed by atoms with Gasteiger partial charge in [0.05, 0.1) is 10.7 Å². The van der Waals surface area contributed by atoms with Crippen LogP contribution in [0.3, 0.4) is 0 Å². The van der Waals surface area contributed by atoms with Crippen LogP contribution in [0.2, 0.25) is 10.0 Å². The Balaban J connectivity index is 2.07. The molecule has 2 rings (SSSR count). The molecule has 0 aliphatic heterocycles. The molecule has 3 N–H and O–H groups in total. The third kappa shape index (κ3) is 4.53. The number of hydrogen-bond acceptors (Lipinski definition) is 3. The van der Waals surface area contributed by atoms with Crippen molar-refractivity contribution in [3.8, 4) is 5.75 Å². The van der Waals surface area contributed by atoms with Gasteiger partial charge in [-0.05, 0) is 65.2 Å².